The molecule has 2 aromatic rings. The normalized spacial score (nSPS) is 16.7. The van der Waals surface area contributed by atoms with Crippen LogP contribution in [0.1, 0.15) is 25.3 Å². The molecular weight excluding hydrogens is 340 g/mol. The number of aromatic nitrogens is 2. The lowest BCUT2D eigenvalue weighted by Crippen LogP contribution is -2.39. The van der Waals surface area contributed by atoms with E-state index in [4.69, 9.17) is 4.74 Å². The quantitative estimate of drug-likeness (QED) is 0.751. The van der Waals surface area contributed by atoms with Gasteiger partial charge in [0, 0.05) is 51.2 Å². The van der Waals surface area contributed by atoms with Gasteiger partial charge in [0.05, 0.1) is 13.5 Å². The van der Waals surface area contributed by atoms with Crippen LogP contribution in [0.15, 0.2) is 42.7 Å². The van der Waals surface area contributed by atoms with Crippen molar-refractivity contribution in [3.63, 3.8) is 0 Å². The summed E-state index contributed by atoms with van der Waals surface area (Å²) in [6.45, 7) is 6.83. The van der Waals surface area contributed by atoms with E-state index < -0.39 is 0 Å². The number of methoxy groups -OCH3 is 1. The fraction of sp³-hybridized carbons (Fsp3) is 0.524. The summed E-state index contributed by atoms with van der Waals surface area (Å²) >= 11 is 0. The van der Waals surface area contributed by atoms with Crippen molar-refractivity contribution in [2.75, 3.05) is 33.3 Å². The molecule has 1 saturated heterocycles. The van der Waals surface area contributed by atoms with E-state index in [9.17, 15) is 4.79 Å². The van der Waals surface area contributed by atoms with Crippen molar-refractivity contribution in [2.24, 2.45) is 0 Å². The van der Waals surface area contributed by atoms with Crippen LogP contribution in [-0.2, 0) is 17.8 Å². The maximum atomic E-state index is 12.7. The Hall–Kier alpha value is -2.34. The molecular formula is C21H30N4O2. The molecule has 1 unspecified atom stereocenters. The summed E-state index contributed by atoms with van der Waals surface area (Å²) in [5.74, 6) is 1.00. The number of rotatable bonds is 7. The molecule has 2 heterocycles. The number of hydrogen-bond acceptors (Lipinski definition) is 4. The van der Waals surface area contributed by atoms with Gasteiger partial charge >= 0.3 is 0 Å². The van der Waals surface area contributed by atoms with Gasteiger partial charge < -0.3 is 9.64 Å². The monoisotopic (exact) mass is 370 g/mol. The van der Waals surface area contributed by atoms with Crippen LogP contribution in [0.25, 0.3) is 0 Å². The number of amides is 1. The lowest BCUT2D eigenvalue weighted by atomic mass is 10.1. The first-order chi connectivity index (χ1) is 13.2. The van der Waals surface area contributed by atoms with E-state index in [-0.39, 0.29) is 5.91 Å². The van der Waals surface area contributed by atoms with Crippen LogP contribution in [0.2, 0.25) is 0 Å². The molecule has 1 atom stereocenters. The minimum Gasteiger partial charge on any atom is -0.497 e. The lowest BCUT2D eigenvalue weighted by Gasteiger charge is -2.28. The van der Waals surface area contributed by atoms with Gasteiger partial charge in [0.1, 0.15) is 5.75 Å². The first-order valence-electron chi connectivity index (χ1n) is 9.78. The van der Waals surface area contributed by atoms with Crippen molar-refractivity contribution in [3.8, 4) is 5.75 Å². The van der Waals surface area contributed by atoms with Gasteiger partial charge in [-0.3, -0.25) is 14.4 Å². The Balaban J connectivity index is 1.48. The largest absolute Gasteiger partial charge is 0.497 e. The fourth-order valence-corrected chi connectivity index (χ4v) is 3.63. The highest BCUT2D eigenvalue weighted by Crippen LogP contribution is 2.15. The van der Waals surface area contributed by atoms with Crippen molar-refractivity contribution in [2.45, 2.75) is 38.8 Å². The SMILES string of the molecule is COc1cccc(CC(=O)N2CCCN(C(C)CCn3cccn3)CC2)c1. The highest BCUT2D eigenvalue weighted by molar-refractivity contribution is 5.79. The van der Waals surface area contributed by atoms with E-state index in [1.165, 1.54) is 0 Å². The van der Waals surface area contributed by atoms with E-state index in [1.807, 2.05) is 52.3 Å². The van der Waals surface area contributed by atoms with Crippen molar-refractivity contribution in [3.05, 3.63) is 48.3 Å². The molecule has 0 radical (unpaired) electrons. The molecule has 0 aliphatic carbocycles. The Labute approximate surface area is 161 Å². The molecule has 1 amide bonds. The molecule has 0 spiro atoms. The molecule has 1 aliphatic rings. The maximum absolute atomic E-state index is 12.7. The van der Waals surface area contributed by atoms with Gasteiger partial charge in [0.15, 0.2) is 0 Å². The minimum atomic E-state index is 0.203. The molecule has 1 aromatic carbocycles. The predicted molar refractivity (Wildman–Crippen MR) is 106 cm³/mol. The molecule has 27 heavy (non-hydrogen) atoms. The number of ether oxygens (including phenoxy) is 1. The molecule has 1 fully saturated rings. The zero-order valence-corrected chi connectivity index (χ0v) is 16.4. The van der Waals surface area contributed by atoms with Gasteiger partial charge in [-0.15, -0.1) is 0 Å². The number of aryl methyl sites for hydroxylation is 1. The summed E-state index contributed by atoms with van der Waals surface area (Å²) in [5, 5.41) is 4.28. The van der Waals surface area contributed by atoms with Crippen LogP contribution >= 0.6 is 0 Å². The number of nitrogens with zero attached hydrogens (tertiary/aromatic N) is 4. The van der Waals surface area contributed by atoms with Crippen molar-refractivity contribution >= 4 is 5.91 Å². The van der Waals surface area contributed by atoms with Gasteiger partial charge in [0.2, 0.25) is 5.91 Å². The summed E-state index contributed by atoms with van der Waals surface area (Å²) in [4.78, 5) is 17.2. The molecule has 0 bridgehead atoms. The Morgan fingerprint density at radius 2 is 2.11 bits per heavy atom. The molecule has 3 rings (SSSR count). The average Bonchev–Trinajstić information content (AvgIpc) is 3.08. The van der Waals surface area contributed by atoms with Gasteiger partial charge in [-0.05, 0) is 43.5 Å². The fourth-order valence-electron chi connectivity index (χ4n) is 3.63. The second-order valence-corrected chi connectivity index (χ2v) is 7.21. The van der Waals surface area contributed by atoms with Crippen LogP contribution in [0.3, 0.4) is 0 Å². The number of carbonyl (C=O) groups excluding carboxylic acids is 1. The molecule has 0 saturated carbocycles. The van der Waals surface area contributed by atoms with Gasteiger partial charge in [-0.1, -0.05) is 12.1 Å². The average molecular weight is 370 g/mol. The minimum absolute atomic E-state index is 0.203. The number of benzene rings is 1. The molecule has 1 aromatic heterocycles. The van der Waals surface area contributed by atoms with E-state index in [1.54, 1.807) is 7.11 Å². The third-order valence-electron chi connectivity index (χ3n) is 5.33. The molecule has 146 valence electrons. The first-order valence-corrected chi connectivity index (χ1v) is 9.78. The van der Waals surface area contributed by atoms with Crippen LogP contribution in [0, 0.1) is 0 Å². The summed E-state index contributed by atoms with van der Waals surface area (Å²) in [6, 6.07) is 10.2. The topological polar surface area (TPSA) is 50.6 Å². The highest BCUT2D eigenvalue weighted by atomic mass is 16.5. The van der Waals surface area contributed by atoms with Crippen molar-refractivity contribution < 1.29 is 9.53 Å². The van der Waals surface area contributed by atoms with Crippen LogP contribution in [0.5, 0.6) is 5.75 Å². The molecule has 1 aliphatic heterocycles. The maximum Gasteiger partial charge on any atom is 0.227 e. The van der Waals surface area contributed by atoms with E-state index in [0.717, 1.165) is 56.9 Å². The summed E-state index contributed by atoms with van der Waals surface area (Å²) < 4.78 is 7.24. The number of carbonyl (C=O) groups is 1. The zero-order chi connectivity index (χ0) is 19.1. The Morgan fingerprint density at radius 1 is 1.22 bits per heavy atom. The Morgan fingerprint density at radius 3 is 2.89 bits per heavy atom. The third kappa shape index (κ3) is 5.57. The Bertz CT molecular complexity index is 717. The highest BCUT2D eigenvalue weighted by Gasteiger charge is 2.22. The predicted octanol–water partition coefficient (Wildman–Crippen LogP) is 2.45. The van der Waals surface area contributed by atoms with E-state index in [0.29, 0.717) is 12.5 Å². The van der Waals surface area contributed by atoms with Gasteiger partial charge in [0.25, 0.3) is 0 Å². The molecule has 6 nitrogen and oxygen atoms in total. The summed E-state index contributed by atoms with van der Waals surface area (Å²) in [5.41, 5.74) is 1.01. The van der Waals surface area contributed by atoms with Crippen molar-refractivity contribution in [1.82, 2.24) is 19.6 Å². The van der Waals surface area contributed by atoms with E-state index in [2.05, 4.69) is 16.9 Å². The third-order valence-corrected chi connectivity index (χ3v) is 5.33. The van der Waals surface area contributed by atoms with E-state index >= 15 is 0 Å². The second kappa shape index (κ2) is 9.55. The summed E-state index contributed by atoms with van der Waals surface area (Å²) in [7, 11) is 1.65. The van der Waals surface area contributed by atoms with Crippen LogP contribution in [-0.4, -0.2) is 64.8 Å². The van der Waals surface area contributed by atoms with Gasteiger partial charge in [-0.2, -0.15) is 5.10 Å². The Kier molecular flexibility index (Phi) is 6.87. The lowest BCUT2D eigenvalue weighted by molar-refractivity contribution is -0.130. The molecule has 6 heteroatoms. The standard InChI is InChI=1S/C21H30N4O2/c1-18(8-13-25-12-4-9-22-25)23-10-5-11-24(15-14-23)21(26)17-19-6-3-7-20(16-19)27-2/h3-4,6-7,9,12,16,18H,5,8,10-11,13-15,17H2,1-2H3. The first kappa shape index (κ1) is 19.4. The van der Waals surface area contributed by atoms with Crippen LogP contribution < -0.4 is 4.74 Å². The van der Waals surface area contributed by atoms with Crippen molar-refractivity contribution in [1.29, 1.82) is 0 Å². The van der Waals surface area contributed by atoms with Gasteiger partial charge in [-0.25, -0.2) is 0 Å². The van der Waals surface area contributed by atoms with Crippen LogP contribution in [0.4, 0.5) is 0 Å². The smallest absolute Gasteiger partial charge is 0.227 e. The molecule has 0 N–H and O–H groups in total. The number of hydrogen-bond donors (Lipinski definition) is 0. The zero-order valence-electron chi connectivity index (χ0n) is 16.4. The summed E-state index contributed by atoms with van der Waals surface area (Å²) in [6.07, 6.45) is 6.36. The second-order valence-electron chi connectivity index (χ2n) is 7.21.